The fourth-order valence-electron chi connectivity index (χ4n) is 1.83. The maximum atomic E-state index is 10.4. The van der Waals surface area contributed by atoms with Gasteiger partial charge in [-0.1, -0.05) is 26.8 Å². The molecule has 3 heteroatoms. The van der Waals surface area contributed by atoms with E-state index in [0.29, 0.717) is 6.54 Å². The summed E-state index contributed by atoms with van der Waals surface area (Å²) in [6.07, 6.45) is 0. The third-order valence-electron chi connectivity index (χ3n) is 3.57. The number of hydrogen-bond acceptors (Lipinski definition) is 3. The zero-order chi connectivity index (χ0) is 13.8. The molecule has 0 bridgehead atoms. The van der Waals surface area contributed by atoms with E-state index in [1.54, 1.807) is 0 Å². The molecule has 0 saturated carbocycles. The second-order valence-corrected chi connectivity index (χ2v) is 5.59. The van der Waals surface area contributed by atoms with Crippen molar-refractivity contribution in [2.24, 2.45) is 5.92 Å². The summed E-state index contributed by atoms with van der Waals surface area (Å²) in [7, 11) is 0. The summed E-state index contributed by atoms with van der Waals surface area (Å²) in [4.78, 5) is 6.75. The zero-order valence-electron chi connectivity index (χ0n) is 12.3. The standard InChI is InChI=1S/C15H26N2O/c1-6-17(11-15(5,18)12(2)3)10-14-9-7-8-13(4)16-14/h7-9,12,18H,6,10-11H2,1-5H3. The number of rotatable bonds is 6. The number of aliphatic hydroxyl groups is 1. The number of pyridine rings is 1. The molecule has 0 aliphatic heterocycles. The Hall–Kier alpha value is -0.930. The van der Waals surface area contributed by atoms with Gasteiger partial charge in [-0.25, -0.2) is 0 Å². The minimum absolute atomic E-state index is 0.247. The molecule has 1 heterocycles. The first-order chi connectivity index (χ1) is 8.35. The fourth-order valence-corrected chi connectivity index (χ4v) is 1.83. The van der Waals surface area contributed by atoms with Gasteiger partial charge < -0.3 is 5.11 Å². The van der Waals surface area contributed by atoms with Crippen molar-refractivity contribution in [3.8, 4) is 0 Å². The Bertz CT molecular complexity index is 375. The van der Waals surface area contributed by atoms with Crippen LogP contribution in [0.15, 0.2) is 18.2 Å². The van der Waals surface area contributed by atoms with Gasteiger partial charge in [0, 0.05) is 18.8 Å². The first-order valence-corrected chi connectivity index (χ1v) is 6.72. The molecule has 0 radical (unpaired) electrons. The predicted molar refractivity (Wildman–Crippen MR) is 75.4 cm³/mol. The van der Waals surface area contributed by atoms with Crippen molar-refractivity contribution in [1.82, 2.24) is 9.88 Å². The summed E-state index contributed by atoms with van der Waals surface area (Å²) in [5.41, 5.74) is 1.45. The van der Waals surface area contributed by atoms with Crippen LogP contribution in [-0.2, 0) is 6.54 Å². The molecule has 0 fully saturated rings. The monoisotopic (exact) mass is 250 g/mol. The lowest BCUT2D eigenvalue weighted by atomic mass is 9.92. The molecule has 1 N–H and O–H groups in total. The van der Waals surface area contributed by atoms with E-state index in [4.69, 9.17) is 0 Å². The van der Waals surface area contributed by atoms with Crippen LogP contribution in [-0.4, -0.2) is 33.7 Å². The van der Waals surface area contributed by atoms with Crippen LogP contribution < -0.4 is 0 Å². The third kappa shape index (κ3) is 4.39. The van der Waals surface area contributed by atoms with Crippen molar-refractivity contribution in [3.05, 3.63) is 29.6 Å². The quantitative estimate of drug-likeness (QED) is 0.843. The van der Waals surface area contributed by atoms with E-state index >= 15 is 0 Å². The maximum Gasteiger partial charge on any atom is 0.0768 e. The molecule has 0 aliphatic carbocycles. The molecule has 3 nitrogen and oxygen atoms in total. The summed E-state index contributed by atoms with van der Waals surface area (Å²) >= 11 is 0. The highest BCUT2D eigenvalue weighted by atomic mass is 16.3. The Morgan fingerprint density at radius 3 is 2.56 bits per heavy atom. The molecule has 102 valence electrons. The van der Waals surface area contributed by atoms with Gasteiger partial charge >= 0.3 is 0 Å². The van der Waals surface area contributed by atoms with Crippen LogP contribution in [0.25, 0.3) is 0 Å². The van der Waals surface area contributed by atoms with Gasteiger partial charge in [0.05, 0.1) is 11.3 Å². The molecule has 0 aromatic carbocycles. The highest BCUT2D eigenvalue weighted by Crippen LogP contribution is 2.18. The van der Waals surface area contributed by atoms with Crippen LogP contribution in [0.5, 0.6) is 0 Å². The number of hydrogen-bond donors (Lipinski definition) is 1. The predicted octanol–water partition coefficient (Wildman–Crippen LogP) is 2.62. The topological polar surface area (TPSA) is 36.4 Å². The van der Waals surface area contributed by atoms with E-state index in [2.05, 4.69) is 30.7 Å². The minimum Gasteiger partial charge on any atom is -0.389 e. The SMILES string of the molecule is CCN(Cc1cccc(C)n1)CC(C)(O)C(C)C. The molecule has 1 aromatic rings. The van der Waals surface area contributed by atoms with E-state index < -0.39 is 5.60 Å². The van der Waals surface area contributed by atoms with E-state index in [0.717, 1.165) is 24.5 Å². The zero-order valence-corrected chi connectivity index (χ0v) is 12.3. The molecule has 0 spiro atoms. The summed E-state index contributed by atoms with van der Waals surface area (Å²) in [6.45, 7) is 12.5. The van der Waals surface area contributed by atoms with Gasteiger partial charge in [-0.05, 0) is 38.4 Å². The van der Waals surface area contributed by atoms with Gasteiger partial charge in [-0.3, -0.25) is 9.88 Å². The first kappa shape index (κ1) is 15.1. The highest BCUT2D eigenvalue weighted by molar-refractivity contribution is 5.09. The van der Waals surface area contributed by atoms with Crippen LogP contribution in [0.1, 0.15) is 39.1 Å². The molecule has 0 aliphatic rings. The molecule has 1 aromatic heterocycles. The van der Waals surface area contributed by atoms with Crippen LogP contribution in [0.2, 0.25) is 0 Å². The molecular weight excluding hydrogens is 224 g/mol. The van der Waals surface area contributed by atoms with Gasteiger partial charge in [0.25, 0.3) is 0 Å². The summed E-state index contributed by atoms with van der Waals surface area (Å²) in [5, 5.41) is 10.4. The number of aryl methyl sites for hydroxylation is 1. The van der Waals surface area contributed by atoms with E-state index in [-0.39, 0.29) is 5.92 Å². The second-order valence-electron chi connectivity index (χ2n) is 5.59. The molecule has 1 rings (SSSR count). The van der Waals surface area contributed by atoms with Gasteiger partial charge in [0.1, 0.15) is 0 Å². The summed E-state index contributed by atoms with van der Waals surface area (Å²) < 4.78 is 0. The van der Waals surface area contributed by atoms with Crippen LogP contribution in [0, 0.1) is 12.8 Å². The van der Waals surface area contributed by atoms with Gasteiger partial charge in [-0.15, -0.1) is 0 Å². The second kappa shape index (κ2) is 6.30. The summed E-state index contributed by atoms with van der Waals surface area (Å²) in [6, 6.07) is 6.08. The molecule has 1 unspecified atom stereocenters. The lowest BCUT2D eigenvalue weighted by Crippen LogP contribution is -2.44. The van der Waals surface area contributed by atoms with Crippen molar-refractivity contribution >= 4 is 0 Å². The van der Waals surface area contributed by atoms with Crippen LogP contribution >= 0.6 is 0 Å². The average molecular weight is 250 g/mol. The van der Waals surface area contributed by atoms with Crippen molar-refractivity contribution in [2.45, 2.75) is 46.8 Å². The fraction of sp³-hybridized carbons (Fsp3) is 0.667. The number of nitrogens with zero attached hydrogens (tertiary/aromatic N) is 2. The first-order valence-electron chi connectivity index (χ1n) is 6.72. The number of aromatic nitrogens is 1. The van der Waals surface area contributed by atoms with Gasteiger partial charge in [-0.2, -0.15) is 0 Å². The van der Waals surface area contributed by atoms with Crippen LogP contribution in [0.4, 0.5) is 0 Å². The lowest BCUT2D eigenvalue weighted by molar-refractivity contribution is -0.0198. The maximum absolute atomic E-state index is 10.4. The number of likely N-dealkylation sites (N-methyl/N-ethyl adjacent to an activating group) is 1. The smallest absolute Gasteiger partial charge is 0.0768 e. The Morgan fingerprint density at radius 2 is 2.06 bits per heavy atom. The van der Waals surface area contributed by atoms with Gasteiger partial charge in [0.15, 0.2) is 0 Å². The largest absolute Gasteiger partial charge is 0.389 e. The van der Waals surface area contributed by atoms with E-state index in [1.165, 1.54) is 0 Å². The summed E-state index contributed by atoms with van der Waals surface area (Å²) in [5.74, 6) is 0.247. The Balaban J connectivity index is 2.68. The van der Waals surface area contributed by atoms with Crippen LogP contribution in [0.3, 0.4) is 0 Å². The molecular formula is C15H26N2O. The van der Waals surface area contributed by atoms with Crippen molar-refractivity contribution < 1.29 is 5.11 Å². The van der Waals surface area contributed by atoms with Crippen molar-refractivity contribution in [2.75, 3.05) is 13.1 Å². The molecule has 1 atom stereocenters. The van der Waals surface area contributed by atoms with Crippen molar-refractivity contribution in [1.29, 1.82) is 0 Å². The third-order valence-corrected chi connectivity index (χ3v) is 3.57. The minimum atomic E-state index is -0.653. The average Bonchev–Trinajstić information content (AvgIpc) is 2.27. The Kier molecular flexibility index (Phi) is 5.29. The van der Waals surface area contributed by atoms with Crippen molar-refractivity contribution in [3.63, 3.8) is 0 Å². The van der Waals surface area contributed by atoms with E-state index in [1.807, 2.05) is 32.0 Å². The highest BCUT2D eigenvalue weighted by Gasteiger charge is 2.27. The van der Waals surface area contributed by atoms with E-state index in [9.17, 15) is 5.11 Å². The molecule has 18 heavy (non-hydrogen) atoms. The Labute approximate surface area is 111 Å². The molecule has 0 amide bonds. The molecule has 0 saturated heterocycles. The Morgan fingerprint density at radius 1 is 1.39 bits per heavy atom. The lowest BCUT2D eigenvalue weighted by Gasteiger charge is -2.33. The normalized spacial score (nSPS) is 15.1. The van der Waals surface area contributed by atoms with Gasteiger partial charge in [0.2, 0.25) is 0 Å².